The number of halogens is 1. The van der Waals surface area contributed by atoms with Gasteiger partial charge in [0.05, 0.1) is 0 Å². The van der Waals surface area contributed by atoms with Crippen LogP contribution in [0.25, 0.3) is 0 Å². The minimum absolute atomic E-state index is 0. The van der Waals surface area contributed by atoms with E-state index in [1.54, 1.807) is 16.8 Å². The van der Waals surface area contributed by atoms with Crippen LogP contribution in [0.4, 0.5) is 0 Å². The van der Waals surface area contributed by atoms with Crippen molar-refractivity contribution >= 4 is 24.2 Å². The zero-order chi connectivity index (χ0) is 19.3. The molecule has 0 radical (unpaired) electrons. The van der Waals surface area contributed by atoms with Crippen LogP contribution in [0.3, 0.4) is 0 Å². The molecule has 2 heterocycles. The van der Waals surface area contributed by atoms with Gasteiger partial charge in [0.25, 0.3) is 11.5 Å². The number of rotatable bonds is 6. The number of likely N-dealkylation sites (tertiary alicyclic amines) is 1. The first kappa shape index (κ1) is 23.1. The second kappa shape index (κ2) is 10.4. The average molecular weight is 400 g/mol. The fraction of sp³-hybridized carbons (Fsp3) is 0.667. The van der Waals surface area contributed by atoms with Gasteiger partial charge in [-0.25, -0.2) is 5.10 Å². The second-order valence-electron chi connectivity index (χ2n) is 7.27. The third-order valence-electron chi connectivity index (χ3n) is 4.98. The Balaban J connectivity index is 0.00000364. The highest BCUT2D eigenvalue weighted by Gasteiger charge is 2.34. The zero-order valence-electron chi connectivity index (χ0n) is 16.2. The van der Waals surface area contributed by atoms with E-state index in [4.69, 9.17) is 5.73 Å². The number of nitrogens with one attached hydrogen (secondary N) is 1. The van der Waals surface area contributed by atoms with Gasteiger partial charge < -0.3 is 15.5 Å². The number of hydrogen-bond donors (Lipinski definition) is 2. The molecule has 0 spiro atoms. The Labute approximate surface area is 165 Å². The van der Waals surface area contributed by atoms with Crippen LogP contribution in [-0.2, 0) is 4.79 Å². The van der Waals surface area contributed by atoms with E-state index in [1.165, 1.54) is 12.1 Å². The molecule has 1 aromatic heterocycles. The van der Waals surface area contributed by atoms with Crippen molar-refractivity contribution in [2.45, 2.75) is 51.6 Å². The van der Waals surface area contributed by atoms with Crippen LogP contribution in [0, 0.1) is 5.92 Å². The number of carbonyl (C=O) groups excluding carboxylic acids is 2. The topological polar surface area (TPSA) is 112 Å². The molecule has 1 aliphatic heterocycles. The number of nitrogens with two attached hydrogens (primary N) is 1. The van der Waals surface area contributed by atoms with Gasteiger partial charge in [-0.15, -0.1) is 12.4 Å². The predicted octanol–water partition coefficient (Wildman–Crippen LogP) is 1.02. The number of amides is 2. The maximum Gasteiger partial charge on any atom is 0.274 e. The second-order valence-corrected chi connectivity index (χ2v) is 7.27. The number of H-pyrrole nitrogens is 1. The number of aromatic amines is 1. The maximum atomic E-state index is 12.9. The van der Waals surface area contributed by atoms with Crippen LogP contribution >= 0.6 is 12.4 Å². The number of aromatic nitrogens is 2. The molecule has 9 heteroatoms. The first-order valence-corrected chi connectivity index (χ1v) is 9.18. The molecular formula is C18H30ClN5O3. The molecule has 3 N–H and O–H groups in total. The molecule has 27 heavy (non-hydrogen) atoms. The standard InChI is InChI=1S/C18H29N5O3.ClH/c1-12(2)13(19)9-11-22(3)18(26)15-6-4-5-10-23(15)17(25)14-7-8-16(24)21-20-14;/h7-8,12-13,15H,4-6,9-11,19H2,1-3H3,(H,21,24);1H. The Kier molecular flexibility index (Phi) is 8.92. The normalized spacial score (nSPS) is 18.0. The van der Waals surface area contributed by atoms with Crippen LogP contribution in [-0.4, -0.2) is 64.0 Å². The van der Waals surface area contributed by atoms with E-state index in [2.05, 4.69) is 24.0 Å². The van der Waals surface area contributed by atoms with Crippen molar-refractivity contribution < 1.29 is 9.59 Å². The average Bonchev–Trinajstić information content (AvgIpc) is 2.65. The first-order chi connectivity index (χ1) is 12.3. The van der Waals surface area contributed by atoms with E-state index in [0.717, 1.165) is 19.3 Å². The lowest BCUT2D eigenvalue weighted by Gasteiger charge is -2.36. The summed E-state index contributed by atoms with van der Waals surface area (Å²) in [5.41, 5.74) is 5.85. The molecule has 1 fully saturated rings. The molecule has 0 saturated carbocycles. The summed E-state index contributed by atoms with van der Waals surface area (Å²) in [6.45, 7) is 5.19. The van der Waals surface area contributed by atoms with E-state index in [9.17, 15) is 14.4 Å². The molecule has 2 rings (SSSR count). The molecule has 2 amide bonds. The third kappa shape index (κ3) is 6.04. The molecule has 0 aromatic carbocycles. The SMILES string of the molecule is CC(C)C(N)CCN(C)C(=O)C1CCCCN1C(=O)c1ccc(=O)[nH]n1.Cl. The lowest BCUT2D eigenvalue weighted by atomic mass is 9.99. The van der Waals surface area contributed by atoms with E-state index in [-0.39, 0.29) is 41.5 Å². The zero-order valence-corrected chi connectivity index (χ0v) is 17.0. The molecule has 1 aliphatic rings. The first-order valence-electron chi connectivity index (χ1n) is 9.18. The summed E-state index contributed by atoms with van der Waals surface area (Å²) in [5.74, 6) is -0.0393. The van der Waals surface area contributed by atoms with Crippen LogP contribution in [0.1, 0.15) is 50.0 Å². The summed E-state index contributed by atoms with van der Waals surface area (Å²) in [4.78, 5) is 40.0. The van der Waals surface area contributed by atoms with Crippen molar-refractivity contribution in [2.24, 2.45) is 11.7 Å². The predicted molar refractivity (Wildman–Crippen MR) is 106 cm³/mol. The van der Waals surface area contributed by atoms with Crippen LogP contribution in [0.15, 0.2) is 16.9 Å². The number of nitrogens with zero attached hydrogens (tertiary/aromatic N) is 3. The fourth-order valence-corrected chi connectivity index (χ4v) is 3.08. The molecule has 1 saturated heterocycles. The number of piperidine rings is 1. The molecule has 2 atom stereocenters. The van der Waals surface area contributed by atoms with Crippen molar-refractivity contribution in [1.29, 1.82) is 0 Å². The van der Waals surface area contributed by atoms with Gasteiger partial charge in [-0.1, -0.05) is 13.8 Å². The quantitative estimate of drug-likeness (QED) is 0.741. The highest BCUT2D eigenvalue weighted by atomic mass is 35.5. The summed E-state index contributed by atoms with van der Waals surface area (Å²) in [5, 5.41) is 6.07. The van der Waals surface area contributed by atoms with Gasteiger partial charge in [0.15, 0.2) is 0 Å². The summed E-state index contributed by atoms with van der Waals surface area (Å²) in [7, 11) is 1.75. The largest absolute Gasteiger partial charge is 0.344 e. The van der Waals surface area contributed by atoms with Gasteiger partial charge in [0.1, 0.15) is 11.7 Å². The monoisotopic (exact) mass is 399 g/mol. The summed E-state index contributed by atoms with van der Waals surface area (Å²) >= 11 is 0. The summed E-state index contributed by atoms with van der Waals surface area (Å²) < 4.78 is 0. The van der Waals surface area contributed by atoms with Gasteiger partial charge >= 0.3 is 0 Å². The van der Waals surface area contributed by atoms with Crippen LogP contribution in [0.2, 0.25) is 0 Å². The highest BCUT2D eigenvalue weighted by Crippen LogP contribution is 2.21. The Hall–Kier alpha value is -1.93. The van der Waals surface area contributed by atoms with E-state index in [0.29, 0.717) is 25.4 Å². The lowest BCUT2D eigenvalue weighted by molar-refractivity contribution is -0.136. The Morgan fingerprint density at radius 2 is 2.07 bits per heavy atom. The minimum Gasteiger partial charge on any atom is -0.344 e. The highest BCUT2D eigenvalue weighted by molar-refractivity contribution is 5.96. The van der Waals surface area contributed by atoms with Crippen molar-refractivity contribution in [2.75, 3.05) is 20.1 Å². The lowest BCUT2D eigenvalue weighted by Crippen LogP contribution is -2.53. The third-order valence-corrected chi connectivity index (χ3v) is 4.98. The van der Waals surface area contributed by atoms with Crippen molar-refractivity contribution in [1.82, 2.24) is 20.0 Å². The maximum absolute atomic E-state index is 12.9. The van der Waals surface area contributed by atoms with Crippen molar-refractivity contribution in [3.63, 3.8) is 0 Å². The Morgan fingerprint density at radius 1 is 1.37 bits per heavy atom. The summed E-state index contributed by atoms with van der Waals surface area (Å²) in [6.07, 6.45) is 3.11. The van der Waals surface area contributed by atoms with Gasteiger partial charge in [-0.3, -0.25) is 14.4 Å². The molecule has 0 bridgehead atoms. The van der Waals surface area contributed by atoms with Gasteiger partial charge in [-0.2, -0.15) is 5.10 Å². The number of hydrogen-bond acceptors (Lipinski definition) is 5. The molecular weight excluding hydrogens is 370 g/mol. The number of carbonyl (C=O) groups is 2. The Morgan fingerprint density at radius 3 is 2.67 bits per heavy atom. The van der Waals surface area contributed by atoms with Gasteiger partial charge in [-0.05, 0) is 37.7 Å². The minimum atomic E-state index is -0.495. The van der Waals surface area contributed by atoms with E-state index >= 15 is 0 Å². The van der Waals surface area contributed by atoms with E-state index in [1.807, 2.05) is 0 Å². The van der Waals surface area contributed by atoms with Gasteiger partial charge in [0.2, 0.25) is 5.91 Å². The van der Waals surface area contributed by atoms with Crippen molar-refractivity contribution in [3.8, 4) is 0 Å². The van der Waals surface area contributed by atoms with Gasteiger partial charge in [0, 0.05) is 32.2 Å². The Bertz CT molecular complexity index is 673. The van der Waals surface area contributed by atoms with Crippen molar-refractivity contribution in [3.05, 3.63) is 28.2 Å². The molecule has 152 valence electrons. The number of likely N-dealkylation sites (N-methyl/N-ethyl adjacent to an activating group) is 1. The molecule has 0 aliphatic carbocycles. The molecule has 2 unspecified atom stereocenters. The van der Waals surface area contributed by atoms with Crippen LogP contribution in [0.5, 0.6) is 0 Å². The summed E-state index contributed by atoms with van der Waals surface area (Å²) in [6, 6.07) is 2.20. The molecule has 8 nitrogen and oxygen atoms in total. The van der Waals surface area contributed by atoms with Crippen LogP contribution < -0.4 is 11.3 Å². The molecule has 1 aromatic rings. The fourth-order valence-electron chi connectivity index (χ4n) is 3.08. The smallest absolute Gasteiger partial charge is 0.274 e. The van der Waals surface area contributed by atoms with E-state index < -0.39 is 6.04 Å².